The zero-order chi connectivity index (χ0) is 14.8. The molecule has 108 valence electrons. The molecule has 0 spiro atoms. The lowest BCUT2D eigenvalue weighted by Crippen LogP contribution is -2.12. The molecule has 0 radical (unpaired) electrons. The summed E-state index contributed by atoms with van der Waals surface area (Å²) in [6.45, 7) is 4.94. The molecule has 1 N–H and O–H groups in total. The summed E-state index contributed by atoms with van der Waals surface area (Å²) >= 11 is 0. The van der Waals surface area contributed by atoms with E-state index in [1.54, 1.807) is 13.8 Å². The van der Waals surface area contributed by atoms with Crippen molar-refractivity contribution in [2.75, 3.05) is 0 Å². The molecule has 0 aliphatic carbocycles. The second kappa shape index (κ2) is 5.70. The highest BCUT2D eigenvalue weighted by Gasteiger charge is 2.05. The highest BCUT2D eigenvalue weighted by molar-refractivity contribution is 5.77. The first-order valence-corrected chi connectivity index (χ1v) is 7.07. The van der Waals surface area contributed by atoms with E-state index >= 15 is 0 Å². The Balaban J connectivity index is 1.66. The largest absolute Gasteiger partial charge is 0.460 e. The van der Waals surface area contributed by atoms with E-state index in [0.717, 1.165) is 22.3 Å². The fourth-order valence-corrected chi connectivity index (χ4v) is 2.59. The van der Waals surface area contributed by atoms with Gasteiger partial charge in [-0.25, -0.2) is 4.39 Å². The molecule has 0 fully saturated rings. The highest BCUT2D eigenvalue weighted by Crippen LogP contribution is 2.19. The second-order valence-corrected chi connectivity index (χ2v) is 5.40. The van der Waals surface area contributed by atoms with E-state index in [9.17, 15) is 4.39 Å². The summed E-state index contributed by atoms with van der Waals surface area (Å²) in [6.07, 6.45) is 0. The Labute approximate surface area is 123 Å². The van der Waals surface area contributed by atoms with Crippen molar-refractivity contribution < 1.29 is 8.81 Å². The van der Waals surface area contributed by atoms with Crippen molar-refractivity contribution in [1.82, 2.24) is 5.32 Å². The molecule has 1 aromatic heterocycles. The number of benzene rings is 2. The van der Waals surface area contributed by atoms with Crippen LogP contribution in [0.4, 0.5) is 4.39 Å². The van der Waals surface area contributed by atoms with Crippen LogP contribution in [-0.4, -0.2) is 0 Å². The molecule has 0 amide bonds. The highest BCUT2D eigenvalue weighted by atomic mass is 19.1. The zero-order valence-electron chi connectivity index (χ0n) is 12.2. The van der Waals surface area contributed by atoms with Crippen LogP contribution in [0, 0.1) is 19.7 Å². The third-order valence-corrected chi connectivity index (χ3v) is 3.60. The molecule has 3 aromatic rings. The molecule has 3 rings (SSSR count). The first-order valence-electron chi connectivity index (χ1n) is 7.07. The average Bonchev–Trinajstić information content (AvgIpc) is 2.87. The predicted molar refractivity (Wildman–Crippen MR) is 82.6 cm³/mol. The standard InChI is InChI=1S/C18H18FNO/c1-12-7-14(8-13(2)18(12)19)10-20-11-16-9-15-5-3-4-6-17(15)21-16/h3-9,20H,10-11H2,1-2H3. The van der Waals surface area contributed by atoms with Crippen LogP contribution < -0.4 is 5.32 Å². The number of para-hydroxylation sites is 1. The molecule has 0 saturated carbocycles. The quantitative estimate of drug-likeness (QED) is 0.763. The smallest absolute Gasteiger partial charge is 0.134 e. The van der Waals surface area contributed by atoms with E-state index in [4.69, 9.17) is 4.42 Å². The van der Waals surface area contributed by atoms with Gasteiger partial charge in [-0.1, -0.05) is 30.3 Å². The first kappa shape index (κ1) is 13.8. The zero-order valence-corrected chi connectivity index (χ0v) is 12.2. The van der Waals surface area contributed by atoms with Gasteiger partial charge in [0.2, 0.25) is 0 Å². The molecule has 2 aromatic carbocycles. The molecular weight excluding hydrogens is 265 g/mol. The van der Waals surface area contributed by atoms with Crippen molar-refractivity contribution in [3.8, 4) is 0 Å². The molecule has 3 heteroatoms. The lowest BCUT2D eigenvalue weighted by molar-refractivity contribution is 0.513. The fraction of sp³-hybridized carbons (Fsp3) is 0.222. The monoisotopic (exact) mass is 283 g/mol. The topological polar surface area (TPSA) is 25.2 Å². The van der Waals surface area contributed by atoms with Crippen molar-refractivity contribution in [3.05, 3.63) is 70.7 Å². The number of aryl methyl sites for hydroxylation is 2. The van der Waals surface area contributed by atoms with Crippen molar-refractivity contribution >= 4 is 11.0 Å². The Morgan fingerprint density at radius 3 is 2.43 bits per heavy atom. The van der Waals surface area contributed by atoms with Gasteiger partial charge in [0.1, 0.15) is 17.2 Å². The SMILES string of the molecule is Cc1cc(CNCc2cc3ccccc3o2)cc(C)c1F. The van der Waals surface area contributed by atoms with Crippen LogP contribution in [0.5, 0.6) is 0 Å². The number of fused-ring (bicyclic) bond motifs is 1. The summed E-state index contributed by atoms with van der Waals surface area (Å²) in [5.41, 5.74) is 3.37. The van der Waals surface area contributed by atoms with Crippen LogP contribution >= 0.6 is 0 Å². The van der Waals surface area contributed by atoms with Crippen LogP contribution in [0.1, 0.15) is 22.5 Å². The summed E-state index contributed by atoms with van der Waals surface area (Å²) in [5, 5.41) is 4.45. The number of hydrogen-bond donors (Lipinski definition) is 1. The molecule has 0 unspecified atom stereocenters. The molecule has 0 atom stereocenters. The van der Waals surface area contributed by atoms with Crippen molar-refractivity contribution in [2.45, 2.75) is 26.9 Å². The van der Waals surface area contributed by atoms with E-state index < -0.39 is 0 Å². The first-order chi connectivity index (χ1) is 10.1. The maximum Gasteiger partial charge on any atom is 0.134 e. The van der Waals surface area contributed by atoms with Crippen molar-refractivity contribution in [1.29, 1.82) is 0 Å². The van der Waals surface area contributed by atoms with Gasteiger partial charge in [-0.2, -0.15) is 0 Å². The van der Waals surface area contributed by atoms with Crippen LogP contribution in [0.2, 0.25) is 0 Å². The number of hydrogen-bond acceptors (Lipinski definition) is 2. The van der Waals surface area contributed by atoms with Gasteiger partial charge in [0, 0.05) is 11.9 Å². The van der Waals surface area contributed by atoms with Gasteiger partial charge < -0.3 is 9.73 Å². The Morgan fingerprint density at radius 2 is 1.71 bits per heavy atom. The minimum absolute atomic E-state index is 0.115. The van der Waals surface area contributed by atoms with Gasteiger partial charge in [0.25, 0.3) is 0 Å². The second-order valence-electron chi connectivity index (χ2n) is 5.40. The van der Waals surface area contributed by atoms with E-state index in [-0.39, 0.29) is 5.82 Å². The molecule has 0 bridgehead atoms. The molecule has 21 heavy (non-hydrogen) atoms. The molecule has 0 aliphatic heterocycles. The lowest BCUT2D eigenvalue weighted by Gasteiger charge is -2.07. The summed E-state index contributed by atoms with van der Waals surface area (Å²) in [4.78, 5) is 0. The number of halogens is 1. The van der Waals surface area contributed by atoms with Crippen LogP contribution in [0.15, 0.2) is 46.9 Å². The van der Waals surface area contributed by atoms with Gasteiger partial charge in [-0.3, -0.25) is 0 Å². The molecule has 2 nitrogen and oxygen atoms in total. The van der Waals surface area contributed by atoms with Gasteiger partial charge in [0.15, 0.2) is 0 Å². The van der Waals surface area contributed by atoms with Crippen molar-refractivity contribution in [3.63, 3.8) is 0 Å². The minimum atomic E-state index is -0.115. The summed E-state index contributed by atoms with van der Waals surface area (Å²) < 4.78 is 19.3. The minimum Gasteiger partial charge on any atom is -0.460 e. The number of furan rings is 1. The van der Waals surface area contributed by atoms with Gasteiger partial charge >= 0.3 is 0 Å². The molecule has 1 heterocycles. The Bertz CT molecular complexity index is 720. The summed E-state index contributed by atoms with van der Waals surface area (Å²) in [6, 6.07) is 13.8. The Morgan fingerprint density at radius 1 is 1.00 bits per heavy atom. The third kappa shape index (κ3) is 2.98. The maximum atomic E-state index is 13.6. The van der Waals surface area contributed by atoms with E-state index in [2.05, 4.69) is 5.32 Å². The van der Waals surface area contributed by atoms with Crippen LogP contribution in [0.3, 0.4) is 0 Å². The lowest BCUT2D eigenvalue weighted by atomic mass is 10.1. The van der Waals surface area contributed by atoms with E-state index in [1.807, 2.05) is 42.5 Å². The summed E-state index contributed by atoms with van der Waals surface area (Å²) in [5.74, 6) is 0.794. The Kier molecular flexibility index (Phi) is 3.76. The van der Waals surface area contributed by atoms with E-state index in [0.29, 0.717) is 24.2 Å². The third-order valence-electron chi connectivity index (χ3n) is 3.60. The molecule has 0 aliphatic rings. The maximum absolute atomic E-state index is 13.6. The van der Waals surface area contributed by atoms with Crippen LogP contribution in [0.25, 0.3) is 11.0 Å². The predicted octanol–water partition coefficient (Wildman–Crippen LogP) is 4.48. The average molecular weight is 283 g/mol. The van der Waals surface area contributed by atoms with Gasteiger partial charge in [-0.15, -0.1) is 0 Å². The fourth-order valence-electron chi connectivity index (χ4n) is 2.59. The number of rotatable bonds is 4. The van der Waals surface area contributed by atoms with Gasteiger partial charge in [-0.05, 0) is 42.7 Å². The van der Waals surface area contributed by atoms with E-state index in [1.165, 1.54) is 0 Å². The van der Waals surface area contributed by atoms with Crippen molar-refractivity contribution in [2.24, 2.45) is 0 Å². The van der Waals surface area contributed by atoms with Gasteiger partial charge in [0.05, 0.1) is 6.54 Å². The summed E-state index contributed by atoms with van der Waals surface area (Å²) in [7, 11) is 0. The number of nitrogens with one attached hydrogen (secondary N) is 1. The molecule has 0 saturated heterocycles. The Hall–Kier alpha value is -2.13. The van der Waals surface area contributed by atoms with Crippen LogP contribution in [-0.2, 0) is 13.1 Å². The molecular formula is C18H18FNO. The normalized spacial score (nSPS) is 11.2.